The van der Waals surface area contributed by atoms with E-state index in [0.29, 0.717) is 5.56 Å². The largest absolute Gasteiger partial charge is 0.372 e. The minimum atomic E-state index is -0.376. The second kappa shape index (κ2) is 5.93. The van der Waals surface area contributed by atoms with Gasteiger partial charge in [-0.25, -0.2) is 0 Å². The monoisotopic (exact) mass is 250 g/mol. The Morgan fingerprint density at radius 2 is 2.06 bits per heavy atom. The Bertz CT molecular complexity index is 422. The molecule has 18 heavy (non-hydrogen) atoms. The second-order valence-electron chi connectivity index (χ2n) is 4.68. The van der Waals surface area contributed by atoms with Gasteiger partial charge in [-0.1, -0.05) is 25.0 Å². The van der Waals surface area contributed by atoms with E-state index in [9.17, 15) is 10.1 Å². The van der Waals surface area contributed by atoms with E-state index < -0.39 is 0 Å². The van der Waals surface area contributed by atoms with Gasteiger partial charge < -0.3 is 10.5 Å². The van der Waals surface area contributed by atoms with E-state index in [1.807, 2.05) is 0 Å². The molecule has 2 atom stereocenters. The highest BCUT2D eigenvalue weighted by Crippen LogP contribution is 2.23. The summed E-state index contributed by atoms with van der Waals surface area (Å²) in [6.07, 6.45) is 4.21. The first-order valence-corrected chi connectivity index (χ1v) is 6.28. The molecule has 0 spiro atoms. The highest BCUT2D eigenvalue weighted by atomic mass is 16.6. The molecule has 5 nitrogen and oxygen atoms in total. The highest BCUT2D eigenvalue weighted by Gasteiger charge is 2.23. The maximum atomic E-state index is 10.9. The van der Waals surface area contributed by atoms with Crippen LogP contribution in [0.2, 0.25) is 0 Å². The zero-order chi connectivity index (χ0) is 13.0. The highest BCUT2D eigenvalue weighted by molar-refractivity contribution is 5.39. The molecule has 1 aliphatic carbocycles. The summed E-state index contributed by atoms with van der Waals surface area (Å²) in [6, 6.07) is 6.73. The minimum Gasteiger partial charge on any atom is -0.372 e. The van der Waals surface area contributed by atoms with Gasteiger partial charge in [-0.3, -0.25) is 10.1 Å². The summed E-state index contributed by atoms with van der Waals surface area (Å²) in [7, 11) is 0. The van der Waals surface area contributed by atoms with E-state index in [-0.39, 0.29) is 29.4 Å². The van der Waals surface area contributed by atoms with Gasteiger partial charge >= 0.3 is 0 Å². The van der Waals surface area contributed by atoms with Crippen molar-refractivity contribution in [3.05, 3.63) is 39.9 Å². The zero-order valence-corrected chi connectivity index (χ0v) is 10.2. The topological polar surface area (TPSA) is 78.4 Å². The number of nitro benzene ring substituents is 1. The lowest BCUT2D eigenvalue weighted by atomic mass is 9.93. The molecule has 1 fully saturated rings. The van der Waals surface area contributed by atoms with Gasteiger partial charge in [-0.2, -0.15) is 0 Å². The van der Waals surface area contributed by atoms with Crippen LogP contribution in [0.3, 0.4) is 0 Å². The van der Waals surface area contributed by atoms with Crippen molar-refractivity contribution < 1.29 is 9.66 Å². The fraction of sp³-hybridized carbons (Fsp3) is 0.538. The van der Waals surface area contributed by atoms with E-state index >= 15 is 0 Å². The van der Waals surface area contributed by atoms with E-state index in [1.54, 1.807) is 18.2 Å². The number of nitrogens with two attached hydrogens (primary N) is 1. The summed E-state index contributed by atoms with van der Waals surface area (Å²) in [4.78, 5) is 10.5. The maximum Gasteiger partial charge on any atom is 0.274 e. The molecule has 2 rings (SSSR count). The van der Waals surface area contributed by atoms with E-state index in [2.05, 4.69) is 0 Å². The average Bonchev–Trinajstić information content (AvgIpc) is 2.38. The van der Waals surface area contributed by atoms with Gasteiger partial charge in [0.1, 0.15) is 0 Å². The van der Waals surface area contributed by atoms with E-state index in [4.69, 9.17) is 10.5 Å². The molecule has 0 aromatic heterocycles. The molecular formula is C13H18N2O3. The van der Waals surface area contributed by atoms with E-state index in [1.165, 1.54) is 6.07 Å². The van der Waals surface area contributed by atoms with Crippen molar-refractivity contribution in [1.29, 1.82) is 0 Å². The van der Waals surface area contributed by atoms with Crippen LogP contribution < -0.4 is 5.73 Å². The van der Waals surface area contributed by atoms with Crippen LogP contribution in [0.25, 0.3) is 0 Å². The summed E-state index contributed by atoms with van der Waals surface area (Å²) in [5.74, 6) is 0. The van der Waals surface area contributed by atoms with Crippen LogP contribution in [0.5, 0.6) is 0 Å². The van der Waals surface area contributed by atoms with Crippen molar-refractivity contribution in [3.63, 3.8) is 0 Å². The van der Waals surface area contributed by atoms with Crippen molar-refractivity contribution in [2.24, 2.45) is 5.73 Å². The molecule has 1 aromatic rings. The summed E-state index contributed by atoms with van der Waals surface area (Å²) in [5, 5.41) is 10.9. The molecule has 0 saturated heterocycles. The minimum absolute atomic E-state index is 0.0264. The standard InChI is InChI=1S/C13H18N2O3/c14-11-6-2-4-8-13(11)18-9-10-5-1-3-7-12(10)15(16)17/h1,3,5,7,11,13H,2,4,6,8-9,14H2. The lowest BCUT2D eigenvalue weighted by Crippen LogP contribution is -2.39. The van der Waals surface area contributed by atoms with Crippen molar-refractivity contribution in [3.8, 4) is 0 Å². The Balaban J connectivity index is 1.99. The van der Waals surface area contributed by atoms with Gasteiger partial charge in [0, 0.05) is 12.1 Å². The van der Waals surface area contributed by atoms with Crippen molar-refractivity contribution >= 4 is 5.69 Å². The molecule has 1 saturated carbocycles. The van der Waals surface area contributed by atoms with Gasteiger partial charge in [0.25, 0.3) is 5.69 Å². The number of nitrogens with zero attached hydrogens (tertiary/aromatic N) is 1. The molecule has 0 aliphatic heterocycles. The number of nitro groups is 1. The molecule has 0 amide bonds. The first-order valence-electron chi connectivity index (χ1n) is 6.28. The molecule has 5 heteroatoms. The SMILES string of the molecule is NC1CCCCC1OCc1ccccc1[N+](=O)[O-]. The number of rotatable bonds is 4. The van der Waals surface area contributed by atoms with Crippen molar-refractivity contribution in [1.82, 2.24) is 0 Å². The Labute approximate surface area is 106 Å². The van der Waals surface area contributed by atoms with Crippen LogP contribution in [-0.4, -0.2) is 17.1 Å². The lowest BCUT2D eigenvalue weighted by molar-refractivity contribution is -0.386. The molecule has 1 aliphatic rings. The van der Waals surface area contributed by atoms with Gasteiger partial charge in [0.2, 0.25) is 0 Å². The summed E-state index contributed by atoms with van der Waals surface area (Å²) >= 11 is 0. The quantitative estimate of drug-likeness (QED) is 0.657. The van der Waals surface area contributed by atoms with Crippen LogP contribution in [0.15, 0.2) is 24.3 Å². The predicted octanol–water partition coefficient (Wildman–Crippen LogP) is 2.38. The lowest BCUT2D eigenvalue weighted by Gasteiger charge is -2.28. The van der Waals surface area contributed by atoms with Gasteiger partial charge in [-0.15, -0.1) is 0 Å². The average molecular weight is 250 g/mol. The van der Waals surface area contributed by atoms with Crippen LogP contribution in [0.4, 0.5) is 5.69 Å². The first kappa shape index (κ1) is 13.0. The zero-order valence-electron chi connectivity index (χ0n) is 10.2. The van der Waals surface area contributed by atoms with Crippen LogP contribution >= 0.6 is 0 Å². The van der Waals surface area contributed by atoms with Crippen LogP contribution in [-0.2, 0) is 11.3 Å². The Kier molecular flexibility index (Phi) is 4.28. The van der Waals surface area contributed by atoms with Crippen molar-refractivity contribution in [2.45, 2.75) is 44.4 Å². The second-order valence-corrected chi connectivity index (χ2v) is 4.68. The molecule has 98 valence electrons. The third-order valence-corrected chi connectivity index (χ3v) is 3.39. The van der Waals surface area contributed by atoms with Gasteiger partial charge in [0.15, 0.2) is 0 Å². The van der Waals surface area contributed by atoms with Gasteiger partial charge in [0.05, 0.1) is 23.2 Å². The van der Waals surface area contributed by atoms with Gasteiger partial charge in [-0.05, 0) is 18.9 Å². The Hall–Kier alpha value is -1.46. The summed E-state index contributed by atoms with van der Waals surface area (Å²) in [6.45, 7) is 0.259. The van der Waals surface area contributed by atoms with Crippen LogP contribution in [0.1, 0.15) is 31.2 Å². The molecular weight excluding hydrogens is 232 g/mol. The number of hydrogen-bond donors (Lipinski definition) is 1. The molecule has 2 unspecified atom stereocenters. The molecule has 1 aromatic carbocycles. The Morgan fingerprint density at radius 1 is 1.33 bits per heavy atom. The molecule has 0 radical (unpaired) electrons. The smallest absolute Gasteiger partial charge is 0.274 e. The number of ether oxygens (including phenoxy) is 1. The number of para-hydroxylation sites is 1. The van der Waals surface area contributed by atoms with Crippen LogP contribution in [0, 0.1) is 10.1 Å². The third kappa shape index (κ3) is 3.05. The third-order valence-electron chi connectivity index (χ3n) is 3.39. The number of benzene rings is 1. The number of hydrogen-bond acceptors (Lipinski definition) is 4. The fourth-order valence-electron chi connectivity index (χ4n) is 2.34. The molecule has 0 bridgehead atoms. The maximum absolute atomic E-state index is 10.9. The molecule has 0 heterocycles. The predicted molar refractivity (Wildman–Crippen MR) is 68.1 cm³/mol. The Morgan fingerprint density at radius 3 is 2.78 bits per heavy atom. The van der Waals surface area contributed by atoms with E-state index in [0.717, 1.165) is 25.7 Å². The fourth-order valence-corrected chi connectivity index (χ4v) is 2.34. The van der Waals surface area contributed by atoms with Crippen molar-refractivity contribution in [2.75, 3.05) is 0 Å². The first-order chi connectivity index (χ1) is 8.68. The summed E-state index contributed by atoms with van der Waals surface area (Å²) in [5.41, 5.74) is 6.71. The molecule has 2 N–H and O–H groups in total. The normalized spacial score (nSPS) is 23.8. The summed E-state index contributed by atoms with van der Waals surface area (Å²) < 4.78 is 5.74.